The third kappa shape index (κ3) is 4.39. The predicted octanol–water partition coefficient (Wildman–Crippen LogP) is 5.79. The Morgan fingerprint density at radius 2 is 2.06 bits per heavy atom. The summed E-state index contributed by atoms with van der Waals surface area (Å²) in [6.07, 6.45) is 1.56. The maximum absolute atomic E-state index is 10.8. The van der Waals surface area contributed by atoms with Gasteiger partial charge in [0, 0.05) is 23.9 Å². The Hall–Kier alpha value is -2.61. The van der Waals surface area contributed by atoms with Gasteiger partial charge in [0.2, 0.25) is 0 Å². The SMILES string of the molecule is C=Nc1c(N=C(C)COC)cc(C)cc1-c1nc2c(C(O)C3CC3)cc(OC)cc2s1. The van der Waals surface area contributed by atoms with Crippen LogP contribution in [0.2, 0.25) is 0 Å². The molecule has 4 rings (SSSR count). The van der Waals surface area contributed by atoms with Gasteiger partial charge in [-0.2, -0.15) is 0 Å². The maximum atomic E-state index is 10.8. The Bertz CT molecular complexity index is 1160. The third-order valence-electron chi connectivity index (χ3n) is 5.41. The van der Waals surface area contributed by atoms with Crippen LogP contribution in [0, 0.1) is 12.8 Å². The Labute approximate surface area is 186 Å². The highest BCUT2D eigenvalue weighted by atomic mass is 32.1. The van der Waals surface area contributed by atoms with Gasteiger partial charge in [-0.25, -0.2) is 4.98 Å². The van der Waals surface area contributed by atoms with Gasteiger partial charge in [-0.15, -0.1) is 11.3 Å². The molecule has 0 saturated heterocycles. The smallest absolute Gasteiger partial charge is 0.126 e. The first kappa shape index (κ1) is 21.6. The maximum Gasteiger partial charge on any atom is 0.126 e. The van der Waals surface area contributed by atoms with Crippen LogP contribution in [0.15, 0.2) is 34.3 Å². The lowest BCUT2D eigenvalue weighted by Crippen LogP contribution is -2.01. The summed E-state index contributed by atoms with van der Waals surface area (Å²) >= 11 is 1.56. The first-order valence-corrected chi connectivity index (χ1v) is 11.1. The van der Waals surface area contributed by atoms with E-state index >= 15 is 0 Å². The second kappa shape index (κ2) is 8.86. The summed E-state index contributed by atoms with van der Waals surface area (Å²) in [7, 11) is 3.29. The number of hydrogen-bond donors (Lipinski definition) is 1. The number of methoxy groups -OCH3 is 2. The first-order chi connectivity index (χ1) is 14.9. The van der Waals surface area contributed by atoms with Crippen LogP contribution in [-0.2, 0) is 4.74 Å². The zero-order valence-corrected chi connectivity index (χ0v) is 19.1. The van der Waals surface area contributed by atoms with E-state index in [1.807, 2.05) is 32.0 Å². The van der Waals surface area contributed by atoms with Crippen molar-refractivity contribution in [2.75, 3.05) is 20.8 Å². The van der Waals surface area contributed by atoms with E-state index in [1.54, 1.807) is 25.6 Å². The van der Waals surface area contributed by atoms with Gasteiger partial charge in [0.15, 0.2) is 0 Å². The molecule has 2 aromatic carbocycles. The summed E-state index contributed by atoms with van der Waals surface area (Å²) in [4.78, 5) is 13.9. The molecule has 3 aromatic rings. The molecule has 0 bridgehead atoms. The van der Waals surface area contributed by atoms with E-state index in [-0.39, 0.29) is 0 Å². The molecule has 0 spiro atoms. The molecule has 0 amide bonds. The van der Waals surface area contributed by atoms with Crippen LogP contribution >= 0.6 is 11.3 Å². The highest BCUT2D eigenvalue weighted by Crippen LogP contribution is 2.47. The Kier molecular flexibility index (Phi) is 6.18. The third-order valence-corrected chi connectivity index (χ3v) is 6.44. The van der Waals surface area contributed by atoms with Gasteiger partial charge in [-0.05, 0) is 69.2 Å². The minimum Gasteiger partial charge on any atom is -0.497 e. The van der Waals surface area contributed by atoms with Crippen LogP contribution in [0.5, 0.6) is 5.75 Å². The second-order valence-electron chi connectivity index (χ2n) is 7.98. The van der Waals surface area contributed by atoms with Crippen LogP contribution in [0.4, 0.5) is 11.4 Å². The van der Waals surface area contributed by atoms with Crippen LogP contribution in [0.3, 0.4) is 0 Å². The summed E-state index contributed by atoms with van der Waals surface area (Å²) in [5, 5.41) is 11.7. The zero-order valence-electron chi connectivity index (χ0n) is 18.3. The van der Waals surface area contributed by atoms with E-state index < -0.39 is 6.10 Å². The number of ether oxygens (including phenoxy) is 2. The minimum absolute atomic E-state index is 0.300. The van der Waals surface area contributed by atoms with Crippen molar-refractivity contribution >= 4 is 45.4 Å². The average Bonchev–Trinajstić information content (AvgIpc) is 3.50. The number of hydrogen-bond acceptors (Lipinski definition) is 7. The lowest BCUT2D eigenvalue weighted by Gasteiger charge is -2.12. The molecule has 162 valence electrons. The van der Waals surface area contributed by atoms with Crippen LogP contribution < -0.4 is 4.74 Å². The fourth-order valence-corrected chi connectivity index (χ4v) is 4.82. The van der Waals surface area contributed by atoms with Gasteiger partial charge in [0.1, 0.15) is 10.8 Å². The number of aliphatic hydroxyl groups excluding tert-OH is 1. The van der Waals surface area contributed by atoms with Crippen molar-refractivity contribution in [1.82, 2.24) is 4.98 Å². The summed E-state index contributed by atoms with van der Waals surface area (Å²) < 4.78 is 11.7. The van der Waals surface area contributed by atoms with E-state index in [4.69, 9.17) is 19.5 Å². The molecule has 1 fully saturated rings. The Balaban J connectivity index is 1.89. The number of aromatic nitrogens is 1. The van der Waals surface area contributed by atoms with Crippen molar-refractivity contribution in [1.29, 1.82) is 0 Å². The van der Waals surface area contributed by atoms with E-state index in [0.717, 1.165) is 61.9 Å². The van der Waals surface area contributed by atoms with E-state index in [9.17, 15) is 5.11 Å². The van der Waals surface area contributed by atoms with Crippen molar-refractivity contribution in [2.24, 2.45) is 15.9 Å². The lowest BCUT2D eigenvalue weighted by atomic mass is 10.0. The molecule has 1 aliphatic rings. The first-order valence-electron chi connectivity index (χ1n) is 10.3. The highest BCUT2D eigenvalue weighted by molar-refractivity contribution is 7.21. The fraction of sp³-hybridized carbons (Fsp3) is 0.375. The normalized spacial score (nSPS) is 15.3. The van der Waals surface area contributed by atoms with Crippen LogP contribution in [-0.4, -0.2) is 43.3 Å². The van der Waals surface area contributed by atoms with E-state index in [2.05, 4.69) is 17.8 Å². The van der Waals surface area contributed by atoms with Crippen molar-refractivity contribution < 1.29 is 14.6 Å². The molecule has 0 aliphatic heterocycles. The number of aliphatic hydroxyl groups is 1. The highest BCUT2D eigenvalue weighted by Gasteiger charge is 2.33. The quantitative estimate of drug-likeness (QED) is 0.452. The number of aryl methyl sites for hydroxylation is 1. The van der Waals surface area contributed by atoms with E-state index in [1.165, 1.54) is 0 Å². The summed E-state index contributed by atoms with van der Waals surface area (Å²) in [6.45, 7) is 8.19. The molecular formula is C24H27N3O3S. The molecule has 0 radical (unpaired) electrons. The molecule has 6 nitrogen and oxygen atoms in total. The molecule has 1 saturated carbocycles. The number of fused-ring (bicyclic) bond motifs is 1. The molecule has 7 heteroatoms. The van der Waals surface area contributed by atoms with Gasteiger partial charge in [-0.1, -0.05) is 0 Å². The molecule has 1 heterocycles. The molecule has 31 heavy (non-hydrogen) atoms. The molecule has 1 aliphatic carbocycles. The number of benzene rings is 2. The van der Waals surface area contributed by atoms with Crippen LogP contribution in [0.1, 0.15) is 37.0 Å². The van der Waals surface area contributed by atoms with Gasteiger partial charge >= 0.3 is 0 Å². The van der Waals surface area contributed by atoms with Crippen LogP contribution in [0.25, 0.3) is 20.8 Å². The Morgan fingerprint density at radius 3 is 2.71 bits per heavy atom. The summed E-state index contributed by atoms with van der Waals surface area (Å²) in [5.41, 5.74) is 5.87. The average molecular weight is 438 g/mol. The van der Waals surface area contributed by atoms with Crippen molar-refractivity contribution in [2.45, 2.75) is 32.8 Å². The van der Waals surface area contributed by atoms with Gasteiger partial charge < -0.3 is 14.6 Å². The fourth-order valence-electron chi connectivity index (χ4n) is 3.77. The van der Waals surface area contributed by atoms with Crippen molar-refractivity contribution in [3.05, 3.63) is 35.4 Å². The van der Waals surface area contributed by atoms with E-state index in [0.29, 0.717) is 18.2 Å². The zero-order chi connectivity index (χ0) is 22.1. The van der Waals surface area contributed by atoms with Crippen molar-refractivity contribution in [3.8, 4) is 16.3 Å². The topological polar surface area (TPSA) is 76.3 Å². The number of thiazole rings is 1. The minimum atomic E-state index is -0.529. The Morgan fingerprint density at radius 1 is 1.29 bits per heavy atom. The molecular weight excluding hydrogens is 410 g/mol. The predicted molar refractivity (Wildman–Crippen MR) is 128 cm³/mol. The standard InChI is InChI=1S/C24H27N3O3S/c1-13-8-18(21(25-3)19(9-13)26-14(2)12-29-4)24-27-22-17(23(28)15-6-7-15)10-16(30-5)11-20(22)31-24/h8-11,15,23,28H,3,6-7,12H2,1-2,4-5H3. The molecule has 1 aromatic heterocycles. The number of nitrogens with zero attached hydrogens (tertiary/aromatic N) is 3. The van der Waals surface area contributed by atoms with Gasteiger partial charge in [0.25, 0.3) is 0 Å². The van der Waals surface area contributed by atoms with Gasteiger partial charge in [-0.3, -0.25) is 9.98 Å². The number of rotatable bonds is 8. The largest absolute Gasteiger partial charge is 0.497 e. The van der Waals surface area contributed by atoms with Gasteiger partial charge in [0.05, 0.1) is 41.4 Å². The second-order valence-corrected chi connectivity index (χ2v) is 9.01. The molecule has 1 unspecified atom stereocenters. The molecule has 1 atom stereocenters. The number of aliphatic imine (C=N–C) groups is 2. The summed E-state index contributed by atoms with van der Waals surface area (Å²) in [5.74, 6) is 1.03. The monoisotopic (exact) mass is 437 g/mol. The lowest BCUT2D eigenvalue weighted by molar-refractivity contribution is 0.155. The molecule has 1 N–H and O–H groups in total. The summed E-state index contributed by atoms with van der Waals surface area (Å²) in [6, 6.07) is 7.92. The van der Waals surface area contributed by atoms with Crippen molar-refractivity contribution in [3.63, 3.8) is 0 Å².